The Morgan fingerprint density at radius 2 is 2.00 bits per heavy atom. The van der Waals surface area contributed by atoms with Gasteiger partial charge in [0.15, 0.2) is 0 Å². The number of carboxylic acid groups (broad SMARTS) is 1. The minimum Gasteiger partial charge on any atom is -0.477 e. The Bertz CT molecular complexity index is 619. The number of amides is 1. The zero-order valence-electron chi connectivity index (χ0n) is 11.3. The number of aryl methyl sites for hydroxylation is 1. The highest BCUT2D eigenvalue weighted by atomic mass is 32.2. The van der Waals surface area contributed by atoms with Gasteiger partial charge < -0.3 is 10.0 Å². The zero-order valence-corrected chi connectivity index (χ0v) is 13.0. The number of carbonyl (C=O) groups excluding carboxylic acids is 1. The van der Waals surface area contributed by atoms with Crippen LogP contribution >= 0.6 is 11.3 Å². The zero-order chi connectivity index (χ0) is 15.5. The van der Waals surface area contributed by atoms with E-state index in [-0.39, 0.29) is 28.6 Å². The molecular weight excluding hydrogens is 304 g/mol. The molecule has 0 saturated carbocycles. The lowest BCUT2D eigenvalue weighted by molar-refractivity contribution is -0.128. The summed E-state index contributed by atoms with van der Waals surface area (Å²) in [7, 11) is -0.634. The van der Waals surface area contributed by atoms with Crippen LogP contribution in [0.4, 0.5) is 0 Å². The summed E-state index contributed by atoms with van der Waals surface area (Å²) in [6.45, 7) is 1.51. The lowest BCUT2D eigenvalue weighted by Gasteiger charge is -2.10. The predicted molar refractivity (Wildman–Crippen MR) is 74.5 cm³/mol. The van der Waals surface area contributed by atoms with Gasteiger partial charge in [0, 0.05) is 31.9 Å². The average molecular weight is 320 g/mol. The molecule has 1 aromatic rings. The first-order valence-corrected chi connectivity index (χ1v) is 7.98. The Morgan fingerprint density at radius 3 is 2.45 bits per heavy atom. The van der Waals surface area contributed by atoms with Crippen molar-refractivity contribution in [3.8, 4) is 0 Å². The van der Waals surface area contributed by atoms with Gasteiger partial charge in [-0.25, -0.2) is 17.9 Å². The number of hydrogen-bond acceptors (Lipinski definition) is 5. The van der Waals surface area contributed by atoms with E-state index in [0.717, 1.165) is 17.4 Å². The van der Waals surface area contributed by atoms with Crippen LogP contribution in [0.3, 0.4) is 0 Å². The smallest absolute Gasteiger partial charge is 0.345 e. The Hall–Kier alpha value is -1.45. The highest BCUT2D eigenvalue weighted by molar-refractivity contribution is 7.89. The van der Waals surface area contributed by atoms with Gasteiger partial charge in [0.05, 0.1) is 4.90 Å². The number of hydrogen-bond donors (Lipinski definition) is 2. The fourth-order valence-electron chi connectivity index (χ4n) is 1.43. The van der Waals surface area contributed by atoms with Crippen LogP contribution in [-0.2, 0) is 14.8 Å². The number of carbonyl (C=O) groups is 2. The van der Waals surface area contributed by atoms with Gasteiger partial charge in [0.2, 0.25) is 15.9 Å². The molecule has 0 atom stereocenters. The Balaban J connectivity index is 2.79. The Labute approximate surface area is 121 Å². The van der Waals surface area contributed by atoms with E-state index in [1.54, 1.807) is 14.1 Å². The van der Waals surface area contributed by atoms with Crippen molar-refractivity contribution in [2.45, 2.75) is 18.2 Å². The van der Waals surface area contributed by atoms with E-state index in [2.05, 4.69) is 4.72 Å². The number of sulfonamides is 1. The Kier molecular flexibility index (Phi) is 5.26. The molecule has 2 N–H and O–H groups in total. The lowest BCUT2D eigenvalue weighted by Crippen LogP contribution is -2.30. The fraction of sp³-hybridized carbons (Fsp3) is 0.455. The number of nitrogens with one attached hydrogen (secondary N) is 1. The Morgan fingerprint density at radius 1 is 1.40 bits per heavy atom. The molecular formula is C11H16N2O5S2. The molecule has 1 rings (SSSR count). The first kappa shape index (κ1) is 16.6. The lowest BCUT2D eigenvalue weighted by atomic mass is 10.4. The molecule has 1 aromatic heterocycles. The van der Waals surface area contributed by atoms with E-state index in [4.69, 9.17) is 5.11 Å². The number of aromatic carboxylic acids is 1. The number of nitrogens with zero attached hydrogens (tertiary/aromatic N) is 1. The maximum Gasteiger partial charge on any atom is 0.345 e. The summed E-state index contributed by atoms with van der Waals surface area (Å²) in [5.41, 5.74) is 0. The molecule has 0 radical (unpaired) electrons. The van der Waals surface area contributed by atoms with E-state index in [9.17, 15) is 18.0 Å². The molecule has 0 aliphatic heterocycles. The molecule has 112 valence electrons. The monoisotopic (exact) mass is 320 g/mol. The quantitative estimate of drug-likeness (QED) is 0.795. The summed E-state index contributed by atoms with van der Waals surface area (Å²) in [6, 6.07) is 1.12. The van der Waals surface area contributed by atoms with Gasteiger partial charge in [0.1, 0.15) is 4.88 Å². The molecule has 0 spiro atoms. The van der Waals surface area contributed by atoms with Gasteiger partial charge in [-0.15, -0.1) is 11.3 Å². The normalized spacial score (nSPS) is 11.3. The van der Waals surface area contributed by atoms with Crippen LogP contribution in [0, 0.1) is 6.92 Å². The molecule has 0 unspecified atom stereocenters. The van der Waals surface area contributed by atoms with E-state index in [1.165, 1.54) is 11.8 Å². The van der Waals surface area contributed by atoms with E-state index >= 15 is 0 Å². The number of carboxylic acids is 1. The number of thiophene rings is 1. The van der Waals surface area contributed by atoms with Gasteiger partial charge in [-0.05, 0) is 13.0 Å². The first-order chi connectivity index (χ1) is 9.15. The summed E-state index contributed by atoms with van der Waals surface area (Å²) in [5.74, 6) is -1.36. The van der Waals surface area contributed by atoms with E-state index in [0.29, 0.717) is 4.88 Å². The molecule has 0 aromatic carbocycles. The third kappa shape index (κ3) is 4.02. The van der Waals surface area contributed by atoms with Crippen molar-refractivity contribution < 1.29 is 23.1 Å². The minimum atomic E-state index is -3.80. The summed E-state index contributed by atoms with van der Waals surface area (Å²) < 4.78 is 26.3. The second-order valence-electron chi connectivity index (χ2n) is 4.27. The predicted octanol–water partition coefficient (Wildman–Crippen LogP) is 0.511. The second kappa shape index (κ2) is 6.33. The highest BCUT2D eigenvalue weighted by Crippen LogP contribution is 2.25. The van der Waals surface area contributed by atoms with Gasteiger partial charge in [-0.2, -0.15) is 0 Å². The van der Waals surface area contributed by atoms with Gasteiger partial charge >= 0.3 is 5.97 Å². The van der Waals surface area contributed by atoms with Crippen LogP contribution in [-0.4, -0.2) is 50.9 Å². The van der Waals surface area contributed by atoms with Crippen LogP contribution in [0.1, 0.15) is 21.0 Å². The fourth-order valence-corrected chi connectivity index (χ4v) is 3.89. The molecule has 1 amide bonds. The topological polar surface area (TPSA) is 104 Å². The molecule has 1 heterocycles. The van der Waals surface area contributed by atoms with Crippen molar-refractivity contribution in [1.29, 1.82) is 0 Å². The van der Waals surface area contributed by atoms with Gasteiger partial charge in [-0.1, -0.05) is 0 Å². The summed E-state index contributed by atoms with van der Waals surface area (Å²) in [6.07, 6.45) is 0.0429. The van der Waals surface area contributed by atoms with E-state index < -0.39 is 16.0 Å². The molecule has 0 saturated heterocycles. The average Bonchev–Trinajstić information content (AvgIpc) is 2.71. The van der Waals surface area contributed by atoms with Crippen molar-refractivity contribution in [1.82, 2.24) is 9.62 Å². The van der Waals surface area contributed by atoms with Crippen molar-refractivity contribution in [3.63, 3.8) is 0 Å². The molecule has 9 heteroatoms. The highest BCUT2D eigenvalue weighted by Gasteiger charge is 2.22. The SMILES string of the molecule is Cc1sc(C(=O)O)cc1S(=O)(=O)NCCC(=O)N(C)C. The molecule has 7 nitrogen and oxygen atoms in total. The largest absolute Gasteiger partial charge is 0.477 e. The van der Waals surface area contributed by atoms with Crippen LogP contribution in [0.5, 0.6) is 0 Å². The molecule has 0 bridgehead atoms. The standard InChI is InChI=1S/C11H16N2O5S2/c1-7-9(6-8(19-7)11(15)16)20(17,18)12-5-4-10(14)13(2)3/h6,12H,4-5H2,1-3H3,(H,15,16). The van der Waals surface area contributed by atoms with Crippen LogP contribution in [0.15, 0.2) is 11.0 Å². The van der Waals surface area contributed by atoms with Crippen molar-refractivity contribution in [2.75, 3.05) is 20.6 Å². The van der Waals surface area contributed by atoms with Gasteiger partial charge in [0.25, 0.3) is 0 Å². The summed E-state index contributed by atoms with van der Waals surface area (Å²) in [5, 5.41) is 8.84. The summed E-state index contributed by atoms with van der Waals surface area (Å²) >= 11 is 0.900. The third-order valence-corrected chi connectivity index (χ3v) is 5.26. The van der Waals surface area contributed by atoms with Crippen LogP contribution in [0.2, 0.25) is 0 Å². The first-order valence-electron chi connectivity index (χ1n) is 5.68. The maximum atomic E-state index is 12.0. The molecule has 20 heavy (non-hydrogen) atoms. The third-order valence-electron chi connectivity index (χ3n) is 2.50. The van der Waals surface area contributed by atoms with Crippen molar-refractivity contribution in [2.24, 2.45) is 0 Å². The number of rotatable bonds is 6. The van der Waals surface area contributed by atoms with Crippen LogP contribution < -0.4 is 4.72 Å². The maximum absolute atomic E-state index is 12.0. The van der Waals surface area contributed by atoms with Gasteiger partial charge in [-0.3, -0.25) is 4.79 Å². The van der Waals surface area contributed by atoms with E-state index in [1.807, 2.05) is 0 Å². The van der Waals surface area contributed by atoms with Crippen LogP contribution in [0.25, 0.3) is 0 Å². The van der Waals surface area contributed by atoms with Crippen molar-refractivity contribution in [3.05, 3.63) is 15.8 Å². The minimum absolute atomic E-state index is 0.0307. The second-order valence-corrected chi connectivity index (χ2v) is 7.26. The molecule has 0 aliphatic carbocycles. The van der Waals surface area contributed by atoms with Crippen molar-refractivity contribution >= 4 is 33.2 Å². The summed E-state index contributed by atoms with van der Waals surface area (Å²) in [4.78, 5) is 23.8. The molecule has 0 fully saturated rings. The molecule has 0 aliphatic rings.